The lowest BCUT2D eigenvalue weighted by molar-refractivity contribution is 0.191. The SMILES string of the molecule is CCOc1ccccc1NCC(O)c1ccc(F)c(F)c1. The average molecular weight is 293 g/mol. The van der Waals surface area contributed by atoms with Crippen molar-refractivity contribution in [3.05, 3.63) is 59.7 Å². The Labute approximate surface area is 122 Å². The minimum absolute atomic E-state index is 0.162. The van der Waals surface area contributed by atoms with Crippen LogP contribution in [-0.2, 0) is 0 Å². The van der Waals surface area contributed by atoms with Gasteiger partial charge in [-0.15, -0.1) is 0 Å². The quantitative estimate of drug-likeness (QED) is 0.856. The van der Waals surface area contributed by atoms with Crippen molar-refractivity contribution in [1.82, 2.24) is 0 Å². The van der Waals surface area contributed by atoms with Gasteiger partial charge in [-0.05, 0) is 36.8 Å². The third-order valence-electron chi connectivity index (χ3n) is 3.00. The molecule has 21 heavy (non-hydrogen) atoms. The number of nitrogens with one attached hydrogen (secondary N) is 1. The maximum absolute atomic E-state index is 13.1. The summed E-state index contributed by atoms with van der Waals surface area (Å²) in [5.41, 5.74) is 1.05. The van der Waals surface area contributed by atoms with Crippen LogP contribution in [0, 0.1) is 11.6 Å². The number of ether oxygens (including phenoxy) is 1. The Morgan fingerprint density at radius 2 is 1.90 bits per heavy atom. The van der Waals surface area contributed by atoms with E-state index in [0.717, 1.165) is 17.8 Å². The van der Waals surface area contributed by atoms with Crippen molar-refractivity contribution in [3.8, 4) is 5.75 Å². The van der Waals surface area contributed by atoms with Crippen molar-refractivity contribution in [2.24, 2.45) is 0 Å². The molecular formula is C16H17F2NO2. The van der Waals surface area contributed by atoms with E-state index in [9.17, 15) is 13.9 Å². The van der Waals surface area contributed by atoms with E-state index in [1.54, 1.807) is 0 Å². The van der Waals surface area contributed by atoms with Gasteiger partial charge in [0.15, 0.2) is 11.6 Å². The van der Waals surface area contributed by atoms with Gasteiger partial charge in [-0.25, -0.2) is 8.78 Å². The van der Waals surface area contributed by atoms with Crippen LogP contribution >= 0.6 is 0 Å². The molecule has 0 saturated carbocycles. The van der Waals surface area contributed by atoms with E-state index < -0.39 is 17.7 Å². The summed E-state index contributed by atoms with van der Waals surface area (Å²) in [6.07, 6.45) is -0.949. The molecule has 5 heteroatoms. The number of rotatable bonds is 6. The fourth-order valence-corrected chi connectivity index (χ4v) is 1.94. The van der Waals surface area contributed by atoms with Crippen molar-refractivity contribution < 1.29 is 18.6 Å². The van der Waals surface area contributed by atoms with Crippen LogP contribution in [0.2, 0.25) is 0 Å². The monoisotopic (exact) mass is 293 g/mol. The molecule has 0 aromatic heterocycles. The summed E-state index contributed by atoms with van der Waals surface area (Å²) in [6, 6.07) is 10.7. The van der Waals surface area contributed by atoms with Crippen LogP contribution in [0.15, 0.2) is 42.5 Å². The number of hydrogen-bond donors (Lipinski definition) is 2. The van der Waals surface area contributed by atoms with E-state index in [2.05, 4.69) is 5.32 Å². The molecule has 0 aliphatic rings. The molecule has 2 rings (SSSR count). The molecule has 1 unspecified atom stereocenters. The zero-order chi connectivity index (χ0) is 15.2. The van der Waals surface area contributed by atoms with Gasteiger partial charge in [-0.2, -0.15) is 0 Å². The van der Waals surface area contributed by atoms with E-state index in [-0.39, 0.29) is 6.54 Å². The minimum Gasteiger partial charge on any atom is -0.492 e. The highest BCUT2D eigenvalue weighted by Gasteiger charge is 2.11. The highest BCUT2D eigenvalue weighted by atomic mass is 19.2. The zero-order valence-electron chi connectivity index (χ0n) is 11.6. The predicted molar refractivity (Wildman–Crippen MR) is 77.4 cm³/mol. The molecule has 0 amide bonds. The summed E-state index contributed by atoms with van der Waals surface area (Å²) in [6.45, 7) is 2.58. The molecule has 0 bridgehead atoms. The number of halogens is 2. The molecule has 2 aromatic carbocycles. The number of aliphatic hydroxyl groups excluding tert-OH is 1. The number of benzene rings is 2. The zero-order valence-corrected chi connectivity index (χ0v) is 11.6. The first-order valence-corrected chi connectivity index (χ1v) is 6.70. The standard InChI is InChI=1S/C16H17F2NO2/c1-2-21-16-6-4-3-5-14(16)19-10-15(20)11-7-8-12(17)13(18)9-11/h3-9,15,19-20H,2,10H2,1H3. The Morgan fingerprint density at radius 3 is 2.62 bits per heavy atom. The van der Waals surface area contributed by atoms with Crippen LogP contribution in [0.25, 0.3) is 0 Å². The fraction of sp³-hybridized carbons (Fsp3) is 0.250. The summed E-state index contributed by atoms with van der Waals surface area (Å²) in [5.74, 6) is -1.22. The molecule has 2 aromatic rings. The second-order valence-corrected chi connectivity index (χ2v) is 4.50. The Kier molecular flexibility index (Phi) is 5.11. The number of para-hydroxylation sites is 2. The lowest BCUT2D eigenvalue weighted by Crippen LogP contribution is -2.13. The molecule has 3 nitrogen and oxygen atoms in total. The van der Waals surface area contributed by atoms with Gasteiger partial charge in [-0.1, -0.05) is 18.2 Å². The first kappa shape index (κ1) is 15.3. The summed E-state index contributed by atoms with van der Waals surface area (Å²) in [7, 11) is 0. The Bertz CT molecular complexity index is 605. The number of hydrogen-bond acceptors (Lipinski definition) is 3. The highest BCUT2D eigenvalue weighted by Crippen LogP contribution is 2.25. The Hall–Kier alpha value is -2.14. The molecule has 1 atom stereocenters. The second kappa shape index (κ2) is 7.04. The average Bonchev–Trinajstić information content (AvgIpc) is 2.49. The van der Waals surface area contributed by atoms with Crippen LogP contribution in [0.1, 0.15) is 18.6 Å². The maximum atomic E-state index is 13.1. The van der Waals surface area contributed by atoms with E-state index in [0.29, 0.717) is 17.9 Å². The summed E-state index contributed by atoms with van der Waals surface area (Å²) in [4.78, 5) is 0. The predicted octanol–water partition coefficient (Wildman–Crippen LogP) is 3.51. The van der Waals surface area contributed by atoms with Crippen LogP contribution in [0.3, 0.4) is 0 Å². The van der Waals surface area contributed by atoms with Gasteiger partial charge in [0.25, 0.3) is 0 Å². The van der Waals surface area contributed by atoms with Crippen molar-refractivity contribution in [3.63, 3.8) is 0 Å². The third-order valence-corrected chi connectivity index (χ3v) is 3.00. The molecule has 112 valence electrons. The minimum atomic E-state index is -0.971. The van der Waals surface area contributed by atoms with Gasteiger partial charge in [-0.3, -0.25) is 0 Å². The first-order chi connectivity index (χ1) is 10.1. The van der Waals surface area contributed by atoms with Crippen molar-refractivity contribution in [2.45, 2.75) is 13.0 Å². The largest absolute Gasteiger partial charge is 0.492 e. The normalized spacial score (nSPS) is 12.0. The van der Waals surface area contributed by atoms with Gasteiger partial charge in [0.2, 0.25) is 0 Å². The van der Waals surface area contributed by atoms with Gasteiger partial charge < -0.3 is 15.2 Å². The summed E-state index contributed by atoms with van der Waals surface area (Å²) >= 11 is 0. The maximum Gasteiger partial charge on any atom is 0.159 e. The molecule has 0 spiro atoms. The van der Waals surface area contributed by atoms with Crippen LogP contribution < -0.4 is 10.1 Å². The summed E-state index contributed by atoms with van der Waals surface area (Å²) < 4.78 is 31.5. The molecule has 2 N–H and O–H groups in total. The van der Waals surface area contributed by atoms with Crippen molar-refractivity contribution >= 4 is 5.69 Å². The number of anilines is 1. The molecule has 0 fully saturated rings. The highest BCUT2D eigenvalue weighted by molar-refractivity contribution is 5.56. The lowest BCUT2D eigenvalue weighted by atomic mass is 10.1. The molecule has 0 aliphatic heterocycles. The smallest absolute Gasteiger partial charge is 0.159 e. The van der Waals surface area contributed by atoms with E-state index >= 15 is 0 Å². The Balaban J connectivity index is 2.03. The van der Waals surface area contributed by atoms with Gasteiger partial charge in [0.1, 0.15) is 5.75 Å². The third kappa shape index (κ3) is 3.92. The van der Waals surface area contributed by atoms with Gasteiger partial charge in [0.05, 0.1) is 18.4 Å². The van der Waals surface area contributed by atoms with Crippen molar-refractivity contribution in [2.75, 3.05) is 18.5 Å². The lowest BCUT2D eigenvalue weighted by Gasteiger charge is -2.16. The van der Waals surface area contributed by atoms with Crippen LogP contribution in [-0.4, -0.2) is 18.3 Å². The van der Waals surface area contributed by atoms with Gasteiger partial charge >= 0.3 is 0 Å². The second-order valence-electron chi connectivity index (χ2n) is 4.50. The molecule has 0 aliphatic carbocycles. The molecule has 0 heterocycles. The Morgan fingerprint density at radius 1 is 1.14 bits per heavy atom. The molecule has 0 radical (unpaired) electrons. The van der Waals surface area contributed by atoms with Gasteiger partial charge in [0, 0.05) is 6.54 Å². The molecule has 0 saturated heterocycles. The van der Waals surface area contributed by atoms with E-state index in [1.165, 1.54) is 6.07 Å². The van der Waals surface area contributed by atoms with Crippen LogP contribution in [0.4, 0.5) is 14.5 Å². The first-order valence-electron chi connectivity index (χ1n) is 6.70. The van der Waals surface area contributed by atoms with E-state index in [1.807, 2.05) is 31.2 Å². The fourth-order valence-electron chi connectivity index (χ4n) is 1.94. The van der Waals surface area contributed by atoms with E-state index in [4.69, 9.17) is 4.74 Å². The summed E-state index contributed by atoms with van der Waals surface area (Å²) in [5, 5.41) is 13.1. The van der Waals surface area contributed by atoms with Crippen molar-refractivity contribution in [1.29, 1.82) is 0 Å². The molecular weight excluding hydrogens is 276 g/mol. The number of aliphatic hydroxyl groups is 1. The van der Waals surface area contributed by atoms with Crippen LogP contribution in [0.5, 0.6) is 5.75 Å². The topological polar surface area (TPSA) is 41.5 Å².